The molecule has 134 valence electrons. The maximum Gasteiger partial charge on any atom is 0.576 e. The molecule has 0 radical (unpaired) electrons. The molecular formula is C20H27BO4. The molecular weight excluding hydrogens is 315 g/mol. The highest BCUT2D eigenvalue weighted by molar-refractivity contribution is 6.20. The summed E-state index contributed by atoms with van der Waals surface area (Å²) in [6.45, 7) is 9.91. The predicted octanol–water partition coefficient (Wildman–Crippen LogP) is 4.48. The zero-order chi connectivity index (χ0) is 18.1. The van der Waals surface area contributed by atoms with Gasteiger partial charge in [0.05, 0.1) is 13.2 Å². The first-order valence-corrected chi connectivity index (χ1v) is 8.74. The van der Waals surface area contributed by atoms with E-state index in [1.165, 1.54) is 0 Å². The topological polar surface area (TPSA) is 36.9 Å². The van der Waals surface area contributed by atoms with Crippen molar-refractivity contribution < 1.29 is 18.8 Å². The summed E-state index contributed by atoms with van der Waals surface area (Å²) in [4.78, 5) is 0. The Hall–Kier alpha value is -2.30. The van der Waals surface area contributed by atoms with Gasteiger partial charge in [-0.15, -0.1) is 0 Å². The molecule has 0 fully saturated rings. The zero-order valence-electron chi connectivity index (χ0n) is 15.5. The summed E-state index contributed by atoms with van der Waals surface area (Å²) in [5.74, 6) is 4.19. The van der Waals surface area contributed by atoms with Crippen molar-refractivity contribution in [2.24, 2.45) is 11.8 Å². The molecule has 2 aromatic carbocycles. The van der Waals surface area contributed by atoms with Gasteiger partial charge in [-0.2, -0.15) is 0 Å². The number of hydrogen-bond acceptors (Lipinski definition) is 4. The van der Waals surface area contributed by atoms with Gasteiger partial charge in [0.2, 0.25) is 0 Å². The molecule has 0 spiro atoms. The molecule has 0 aliphatic heterocycles. The van der Waals surface area contributed by atoms with Crippen molar-refractivity contribution in [3.8, 4) is 23.0 Å². The Labute approximate surface area is 151 Å². The van der Waals surface area contributed by atoms with Crippen LogP contribution in [0.2, 0.25) is 0 Å². The normalized spacial score (nSPS) is 10.6. The van der Waals surface area contributed by atoms with Crippen LogP contribution in [0, 0.1) is 11.8 Å². The van der Waals surface area contributed by atoms with Crippen LogP contribution in [-0.4, -0.2) is 20.9 Å². The molecule has 5 heteroatoms. The van der Waals surface area contributed by atoms with E-state index in [1.807, 2.05) is 48.5 Å². The lowest BCUT2D eigenvalue weighted by atomic mass is 10.2. The Kier molecular flexibility index (Phi) is 7.51. The van der Waals surface area contributed by atoms with Crippen LogP contribution in [-0.2, 0) is 0 Å². The van der Waals surface area contributed by atoms with Gasteiger partial charge in [-0.05, 0) is 60.4 Å². The maximum atomic E-state index is 5.64. The summed E-state index contributed by atoms with van der Waals surface area (Å²) in [6, 6.07) is 15.1. The van der Waals surface area contributed by atoms with Crippen LogP contribution >= 0.6 is 0 Å². The summed E-state index contributed by atoms with van der Waals surface area (Å²) in [5.41, 5.74) is 0. The molecule has 0 N–H and O–H groups in total. The van der Waals surface area contributed by atoms with Crippen LogP contribution < -0.4 is 18.8 Å². The van der Waals surface area contributed by atoms with Crippen LogP contribution in [0.5, 0.6) is 23.0 Å². The van der Waals surface area contributed by atoms with Gasteiger partial charge in [-0.25, -0.2) is 0 Å². The smallest absolute Gasteiger partial charge is 0.529 e. The molecule has 0 aliphatic rings. The van der Waals surface area contributed by atoms with Gasteiger partial charge in [0, 0.05) is 0 Å². The minimum atomic E-state index is 0.151. The van der Waals surface area contributed by atoms with Gasteiger partial charge in [-0.3, -0.25) is 0 Å². The van der Waals surface area contributed by atoms with E-state index in [2.05, 4.69) is 27.7 Å². The highest BCUT2D eigenvalue weighted by Crippen LogP contribution is 2.20. The van der Waals surface area contributed by atoms with E-state index < -0.39 is 0 Å². The third-order valence-corrected chi connectivity index (χ3v) is 3.27. The average Bonchev–Trinajstić information content (AvgIpc) is 2.60. The van der Waals surface area contributed by atoms with Crippen LogP contribution in [0.15, 0.2) is 48.5 Å². The predicted molar refractivity (Wildman–Crippen MR) is 102 cm³/mol. The zero-order valence-corrected chi connectivity index (χ0v) is 15.5. The van der Waals surface area contributed by atoms with Crippen molar-refractivity contribution in [3.63, 3.8) is 0 Å². The van der Waals surface area contributed by atoms with Gasteiger partial charge >= 0.3 is 7.69 Å². The molecule has 0 saturated carbocycles. The van der Waals surface area contributed by atoms with Crippen molar-refractivity contribution in [2.45, 2.75) is 27.7 Å². The third-order valence-electron chi connectivity index (χ3n) is 3.27. The number of hydrogen-bond donors (Lipinski definition) is 0. The first-order chi connectivity index (χ1) is 12.0. The number of benzene rings is 2. The maximum absolute atomic E-state index is 5.64. The quantitative estimate of drug-likeness (QED) is 0.597. The molecule has 2 aromatic rings. The van der Waals surface area contributed by atoms with Crippen molar-refractivity contribution >= 4 is 7.69 Å². The second kappa shape index (κ2) is 9.87. The van der Waals surface area contributed by atoms with Crippen molar-refractivity contribution in [1.29, 1.82) is 0 Å². The average molecular weight is 342 g/mol. The first-order valence-electron chi connectivity index (χ1n) is 8.74. The van der Waals surface area contributed by atoms with E-state index in [0.29, 0.717) is 25.0 Å². The number of rotatable bonds is 10. The lowest BCUT2D eigenvalue weighted by Crippen LogP contribution is -2.11. The van der Waals surface area contributed by atoms with Gasteiger partial charge in [-0.1, -0.05) is 27.7 Å². The summed E-state index contributed by atoms with van der Waals surface area (Å²) in [5, 5.41) is 0. The van der Waals surface area contributed by atoms with Gasteiger partial charge < -0.3 is 18.8 Å². The largest absolute Gasteiger partial charge is 0.576 e. The molecule has 0 aliphatic carbocycles. The monoisotopic (exact) mass is 342 g/mol. The Balaban J connectivity index is 1.73. The van der Waals surface area contributed by atoms with Crippen molar-refractivity contribution in [2.75, 3.05) is 13.2 Å². The van der Waals surface area contributed by atoms with Crippen molar-refractivity contribution in [3.05, 3.63) is 48.5 Å². The highest BCUT2D eigenvalue weighted by Gasteiger charge is 2.03. The van der Waals surface area contributed by atoms with Crippen LogP contribution in [0.25, 0.3) is 0 Å². The molecule has 0 heterocycles. The van der Waals surface area contributed by atoms with Crippen molar-refractivity contribution in [1.82, 2.24) is 0 Å². The third kappa shape index (κ3) is 7.42. The summed E-state index contributed by atoms with van der Waals surface area (Å²) >= 11 is 0. The molecule has 0 saturated heterocycles. The molecule has 25 heavy (non-hydrogen) atoms. The molecule has 2 rings (SSSR count). The van der Waals surface area contributed by atoms with Gasteiger partial charge in [0.25, 0.3) is 0 Å². The Morgan fingerprint density at radius 3 is 1.24 bits per heavy atom. The summed E-state index contributed by atoms with van der Waals surface area (Å²) < 4.78 is 22.5. The summed E-state index contributed by atoms with van der Waals surface area (Å²) in [6.07, 6.45) is 0. The minimum absolute atomic E-state index is 0.151. The molecule has 0 amide bonds. The van der Waals surface area contributed by atoms with E-state index >= 15 is 0 Å². The van der Waals surface area contributed by atoms with Crippen LogP contribution in [0.4, 0.5) is 0 Å². The van der Waals surface area contributed by atoms with Gasteiger partial charge in [0.1, 0.15) is 23.0 Å². The molecule has 0 atom stereocenters. The second-order valence-electron chi connectivity index (χ2n) is 6.76. The van der Waals surface area contributed by atoms with E-state index in [1.54, 1.807) is 0 Å². The number of ether oxygens (including phenoxy) is 2. The fourth-order valence-electron chi connectivity index (χ4n) is 1.96. The van der Waals surface area contributed by atoms with Crippen LogP contribution in [0.1, 0.15) is 27.7 Å². The van der Waals surface area contributed by atoms with E-state index in [9.17, 15) is 0 Å². The Morgan fingerprint density at radius 2 is 0.920 bits per heavy atom. The Morgan fingerprint density at radius 1 is 0.600 bits per heavy atom. The SMILES string of the molecule is CC(C)COc1ccc(OBOc2ccc(OCC(C)C)cc2)cc1. The fraction of sp³-hybridized carbons (Fsp3) is 0.400. The molecule has 0 bridgehead atoms. The minimum Gasteiger partial charge on any atom is -0.529 e. The molecule has 0 aromatic heterocycles. The van der Waals surface area contributed by atoms with E-state index in [-0.39, 0.29) is 7.69 Å². The van der Waals surface area contributed by atoms with Gasteiger partial charge in [0.15, 0.2) is 0 Å². The lowest BCUT2D eigenvalue weighted by Gasteiger charge is -2.11. The second-order valence-corrected chi connectivity index (χ2v) is 6.76. The standard InChI is InChI=1S/C20H27BO4/c1-15(2)13-22-17-5-9-19(10-6-17)24-21-25-20-11-7-18(8-12-20)23-14-16(3)4/h5-12,15-16,21H,13-14H2,1-4H3. The van der Waals surface area contributed by atoms with Crippen LogP contribution in [0.3, 0.4) is 0 Å². The molecule has 0 unspecified atom stereocenters. The Bertz CT molecular complexity index is 553. The highest BCUT2D eigenvalue weighted by atomic mass is 16.6. The van der Waals surface area contributed by atoms with E-state index in [4.69, 9.17) is 18.8 Å². The summed E-state index contributed by atoms with van der Waals surface area (Å²) in [7, 11) is 0.151. The molecule has 4 nitrogen and oxygen atoms in total. The van der Waals surface area contributed by atoms with E-state index in [0.717, 1.165) is 23.0 Å². The lowest BCUT2D eigenvalue weighted by molar-refractivity contribution is 0.271. The first kappa shape index (κ1) is 19.0. The fourth-order valence-corrected chi connectivity index (χ4v) is 1.96.